The number of hydrogen-bond donors (Lipinski definition) is 2. The van der Waals surface area contributed by atoms with E-state index in [1.54, 1.807) is 32.0 Å². The number of anilines is 2. The van der Waals surface area contributed by atoms with Crippen LogP contribution in [0.2, 0.25) is 0 Å². The average molecular weight is 497 g/mol. The molecule has 0 aliphatic carbocycles. The lowest BCUT2D eigenvalue weighted by molar-refractivity contribution is 0.102. The van der Waals surface area contributed by atoms with Crippen molar-refractivity contribution in [2.75, 3.05) is 17.1 Å². The number of amides is 1. The molecule has 3 aromatic carbocycles. The van der Waals surface area contributed by atoms with Gasteiger partial charge in [0.05, 0.1) is 12.0 Å². The standard InChI is InChI=1S/C23H21FN6O4S/c1-14-4-10-19(35(32,33)27-17-7-5-16(24)6-8-17)13-20(14)23(31)25-18-9-11-22(34-3)21(12-18)30-15(2)26-28-29-30/h4-13,27H,1-3H3,(H,25,31). The molecule has 35 heavy (non-hydrogen) atoms. The van der Waals surface area contributed by atoms with Gasteiger partial charge in [0.2, 0.25) is 0 Å². The third-order valence-electron chi connectivity index (χ3n) is 5.15. The fourth-order valence-corrected chi connectivity index (χ4v) is 4.42. The summed E-state index contributed by atoms with van der Waals surface area (Å²) in [6, 6.07) is 14.1. The van der Waals surface area contributed by atoms with E-state index in [1.165, 1.54) is 42.1 Å². The van der Waals surface area contributed by atoms with Gasteiger partial charge < -0.3 is 10.1 Å². The maximum absolute atomic E-state index is 13.1. The zero-order chi connectivity index (χ0) is 25.2. The lowest BCUT2D eigenvalue weighted by Crippen LogP contribution is -2.17. The van der Waals surface area contributed by atoms with E-state index in [0.717, 1.165) is 12.1 Å². The number of nitrogens with zero attached hydrogens (tertiary/aromatic N) is 4. The van der Waals surface area contributed by atoms with E-state index in [1.807, 2.05) is 0 Å². The summed E-state index contributed by atoms with van der Waals surface area (Å²) in [6.07, 6.45) is 0. The van der Waals surface area contributed by atoms with Crippen LogP contribution >= 0.6 is 0 Å². The number of carbonyl (C=O) groups excluding carboxylic acids is 1. The summed E-state index contributed by atoms with van der Waals surface area (Å²) in [7, 11) is -2.51. The van der Waals surface area contributed by atoms with Gasteiger partial charge in [-0.3, -0.25) is 9.52 Å². The van der Waals surface area contributed by atoms with Crippen LogP contribution in [0.1, 0.15) is 21.7 Å². The minimum atomic E-state index is -4.02. The Kier molecular flexibility index (Phi) is 6.47. The van der Waals surface area contributed by atoms with Gasteiger partial charge in [-0.1, -0.05) is 6.07 Å². The van der Waals surface area contributed by atoms with Gasteiger partial charge in [0.1, 0.15) is 17.3 Å². The van der Waals surface area contributed by atoms with Gasteiger partial charge in [-0.2, -0.15) is 4.68 Å². The van der Waals surface area contributed by atoms with Crippen LogP contribution in [0.4, 0.5) is 15.8 Å². The first-order chi connectivity index (χ1) is 16.7. The van der Waals surface area contributed by atoms with Crippen molar-refractivity contribution in [2.24, 2.45) is 0 Å². The van der Waals surface area contributed by atoms with E-state index in [2.05, 4.69) is 25.6 Å². The third kappa shape index (κ3) is 5.11. The zero-order valence-electron chi connectivity index (χ0n) is 19.0. The Hall–Kier alpha value is -4.32. The minimum absolute atomic E-state index is 0.114. The molecular weight excluding hydrogens is 475 g/mol. The minimum Gasteiger partial charge on any atom is -0.494 e. The van der Waals surface area contributed by atoms with Gasteiger partial charge >= 0.3 is 0 Å². The molecule has 0 spiro atoms. The summed E-state index contributed by atoms with van der Waals surface area (Å²) in [5.41, 5.74) is 1.89. The largest absolute Gasteiger partial charge is 0.494 e. The number of carbonyl (C=O) groups is 1. The van der Waals surface area contributed by atoms with Gasteiger partial charge in [-0.05, 0) is 84.4 Å². The van der Waals surface area contributed by atoms with Crippen molar-refractivity contribution in [1.82, 2.24) is 20.2 Å². The molecule has 0 aliphatic rings. The highest BCUT2D eigenvalue weighted by Gasteiger charge is 2.19. The first kappa shape index (κ1) is 23.8. The number of halogens is 1. The zero-order valence-corrected chi connectivity index (χ0v) is 19.8. The highest BCUT2D eigenvalue weighted by Crippen LogP contribution is 2.27. The van der Waals surface area contributed by atoms with Crippen LogP contribution < -0.4 is 14.8 Å². The highest BCUT2D eigenvalue weighted by molar-refractivity contribution is 7.92. The number of rotatable bonds is 7. The summed E-state index contributed by atoms with van der Waals surface area (Å²) >= 11 is 0. The number of aryl methyl sites for hydroxylation is 2. The van der Waals surface area contributed by atoms with E-state index in [4.69, 9.17) is 4.74 Å². The maximum atomic E-state index is 13.1. The van der Waals surface area contributed by atoms with Gasteiger partial charge in [0.25, 0.3) is 15.9 Å². The maximum Gasteiger partial charge on any atom is 0.261 e. The molecule has 12 heteroatoms. The van der Waals surface area contributed by atoms with Crippen LogP contribution in [0.3, 0.4) is 0 Å². The van der Waals surface area contributed by atoms with E-state index in [-0.39, 0.29) is 16.1 Å². The number of ether oxygens (including phenoxy) is 1. The Morgan fingerprint density at radius 2 is 1.71 bits per heavy atom. The third-order valence-corrected chi connectivity index (χ3v) is 6.53. The summed E-state index contributed by atoms with van der Waals surface area (Å²) in [6.45, 7) is 3.42. The molecule has 0 saturated heterocycles. The molecule has 0 saturated carbocycles. The van der Waals surface area contributed by atoms with Crippen molar-refractivity contribution < 1.29 is 22.3 Å². The molecule has 4 rings (SSSR count). The van der Waals surface area contributed by atoms with Crippen molar-refractivity contribution in [2.45, 2.75) is 18.7 Å². The molecule has 4 aromatic rings. The summed E-state index contributed by atoms with van der Waals surface area (Å²) in [5.74, 6) is 0.0220. The van der Waals surface area contributed by atoms with Crippen LogP contribution in [0.5, 0.6) is 5.75 Å². The van der Waals surface area contributed by atoms with Gasteiger partial charge in [-0.15, -0.1) is 5.10 Å². The molecule has 1 amide bonds. The fourth-order valence-electron chi connectivity index (χ4n) is 3.33. The van der Waals surface area contributed by atoms with Crippen LogP contribution in [0.15, 0.2) is 65.6 Å². The highest BCUT2D eigenvalue weighted by atomic mass is 32.2. The lowest BCUT2D eigenvalue weighted by Gasteiger charge is -2.14. The first-order valence-electron chi connectivity index (χ1n) is 10.3. The van der Waals surface area contributed by atoms with E-state index in [9.17, 15) is 17.6 Å². The summed E-state index contributed by atoms with van der Waals surface area (Å²) in [4.78, 5) is 13.0. The van der Waals surface area contributed by atoms with Crippen molar-refractivity contribution in [3.63, 3.8) is 0 Å². The van der Waals surface area contributed by atoms with E-state index >= 15 is 0 Å². The van der Waals surface area contributed by atoms with Crippen LogP contribution in [-0.4, -0.2) is 41.6 Å². The number of nitrogens with one attached hydrogen (secondary N) is 2. The second kappa shape index (κ2) is 9.50. The molecule has 0 fully saturated rings. The van der Waals surface area contributed by atoms with Crippen molar-refractivity contribution in [1.29, 1.82) is 0 Å². The number of methoxy groups -OCH3 is 1. The number of hydrogen-bond acceptors (Lipinski definition) is 7. The molecule has 0 unspecified atom stereocenters. The Bertz CT molecular complexity index is 1500. The van der Waals surface area contributed by atoms with Gasteiger partial charge in [0, 0.05) is 16.9 Å². The molecule has 1 aromatic heterocycles. The summed E-state index contributed by atoms with van der Waals surface area (Å²) < 4.78 is 48.0. The van der Waals surface area contributed by atoms with Crippen LogP contribution in [0, 0.1) is 19.7 Å². The van der Waals surface area contributed by atoms with Gasteiger partial charge in [-0.25, -0.2) is 12.8 Å². The second-order valence-corrected chi connectivity index (χ2v) is 9.25. The summed E-state index contributed by atoms with van der Waals surface area (Å²) in [5, 5.41) is 14.2. The Labute approximate surface area is 200 Å². The molecule has 180 valence electrons. The normalized spacial score (nSPS) is 11.2. The number of benzene rings is 3. The molecular formula is C23H21FN6O4S. The van der Waals surface area contributed by atoms with E-state index in [0.29, 0.717) is 28.5 Å². The monoisotopic (exact) mass is 496 g/mol. The smallest absolute Gasteiger partial charge is 0.261 e. The fraction of sp³-hybridized carbons (Fsp3) is 0.130. The number of sulfonamides is 1. The van der Waals surface area contributed by atoms with Crippen molar-refractivity contribution in [3.8, 4) is 11.4 Å². The van der Waals surface area contributed by atoms with Crippen LogP contribution in [0.25, 0.3) is 5.69 Å². The molecule has 0 radical (unpaired) electrons. The Balaban J connectivity index is 1.61. The SMILES string of the molecule is COc1ccc(NC(=O)c2cc(S(=O)(=O)Nc3ccc(F)cc3)ccc2C)cc1-n1nnnc1C. The Morgan fingerprint density at radius 3 is 2.37 bits per heavy atom. The molecule has 1 heterocycles. The molecule has 0 bridgehead atoms. The topological polar surface area (TPSA) is 128 Å². The molecule has 0 atom stereocenters. The van der Waals surface area contributed by atoms with Crippen LogP contribution in [-0.2, 0) is 10.0 Å². The number of tetrazole rings is 1. The molecule has 2 N–H and O–H groups in total. The van der Waals surface area contributed by atoms with Gasteiger partial charge in [0.15, 0.2) is 5.82 Å². The second-order valence-electron chi connectivity index (χ2n) is 7.57. The van der Waals surface area contributed by atoms with Crippen molar-refractivity contribution in [3.05, 3.63) is 83.4 Å². The molecule has 10 nitrogen and oxygen atoms in total. The quantitative estimate of drug-likeness (QED) is 0.401. The first-order valence-corrected chi connectivity index (χ1v) is 11.8. The number of aromatic nitrogens is 4. The Morgan fingerprint density at radius 1 is 1.00 bits per heavy atom. The predicted molar refractivity (Wildman–Crippen MR) is 127 cm³/mol. The van der Waals surface area contributed by atoms with Crippen molar-refractivity contribution >= 4 is 27.3 Å². The lowest BCUT2D eigenvalue weighted by atomic mass is 10.1. The predicted octanol–water partition coefficient (Wildman–Crippen LogP) is 3.48. The van der Waals surface area contributed by atoms with E-state index < -0.39 is 21.7 Å². The molecule has 0 aliphatic heterocycles. The average Bonchev–Trinajstić information content (AvgIpc) is 3.26.